The number of ketones is 1. The first-order valence-electron chi connectivity index (χ1n) is 10.3. The second-order valence-corrected chi connectivity index (χ2v) is 7.88. The minimum atomic E-state index is -1.11. The number of hydrogen-bond donors (Lipinski definition) is 2. The molecule has 166 valence electrons. The number of carbonyl (C=O) groups is 1. The zero-order valence-electron chi connectivity index (χ0n) is 17.7. The number of rotatable bonds is 8. The van der Waals surface area contributed by atoms with Gasteiger partial charge >= 0.3 is 0 Å². The lowest BCUT2D eigenvalue weighted by Gasteiger charge is -2.21. The van der Waals surface area contributed by atoms with Crippen LogP contribution in [0.1, 0.15) is 30.1 Å². The van der Waals surface area contributed by atoms with Gasteiger partial charge in [0.05, 0.1) is 11.4 Å². The Kier molecular flexibility index (Phi) is 6.19. The van der Waals surface area contributed by atoms with Gasteiger partial charge in [0.2, 0.25) is 0 Å². The molecule has 0 amide bonds. The minimum absolute atomic E-state index is 0.00980. The van der Waals surface area contributed by atoms with Gasteiger partial charge in [0, 0.05) is 18.6 Å². The number of Topliss-reactive ketones (excluding diaryl/α,β-unsaturated/α-hetero) is 1. The van der Waals surface area contributed by atoms with Gasteiger partial charge in [-0.15, -0.1) is 0 Å². The molecular formula is C25H23F3N2O2. The van der Waals surface area contributed by atoms with Crippen molar-refractivity contribution in [3.05, 3.63) is 77.6 Å². The van der Waals surface area contributed by atoms with E-state index in [1.807, 2.05) is 0 Å². The van der Waals surface area contributed by atoms with Crippen molar-refractivity contribution >= 4 is 22.8 Å². The quantitative estimate of drug-likeness (QED) is 0.310. The maximum absolute atomic E-state index is 14.9. The van der Waals surface area contributed by atoms with E-state index in [9.17, 15) is 18.0 Å². The van der Waals surface area contributed by atoms with Gasteiger partial charge in [-0.1, -0.05) is 24.3 Å². The van der Waals surface area contributed by atoms with Crippen molar-refractivity contribution in [3.63, 3.8) is 0 Å². The van der Waals surface area contributed by atoms with Crippen molar-refractivity contribution in [3.8, 4) is 11.1 Å². The van der Waals surface area contributed by atoms with E-state index >= 15 is 0 Å². The monoisotopic (exact) mass is 440 g/mol. The van der Waals surface area contributed by atoms with Crippen molar-refractivity contribution in [2.75, 3.05) is 17.7 Å². The third-order valence-corrected chi connectivity index (χ3v) is 5.53. The van der Waals surface area contributed by atoms with Crippen molar-refractivity contribution in [2.24, 2.45) is 5.92 Å². The van der Waals surface area contributed by atoms with Crippen LogP contribution in [0.4, 0.5) is 30.2 Å². The highest BCUT2D eigenvalue weighted by atomic mass is 19.2. The first-order chi connectivity index (χ1) is 15.4. The van der Waals surface area contributed by atoms with Crippen LogP contribution in [0.25, 0.3) is 11.1 Å². The van der Waals surface area contributed by atoms with E-state index in [4.69, 9.17) is 4.74 Å². The molecule has 1 unspecified atom stereocenters. The largest absolute Gasteiger partial charge is 0.362 e. The van der Waals surface area contributed by atoms with Gasteiger partial charge in [0.15, 0.2) is 17.4 Å². The fourth-order valence-corrected chi connectivity index (χ4v) is 3.56. The molecule has 1 aliphatic carbocycles. The van der Waals surface area contributed by atoms with E-state index in [0.29, 0.717) is 22.6 Å². The highest BCUT2D eigenvalue weighted by Crippen LogP contribution is 2.38. The van der Waals surface area contributed by atoms with Crippen LogP contribution >= 0.6 is 0 Å². The summed E-state index contributed by atoms with van der Waals surface area (Å²) in [6.45, 7) is 1.46. The fourth-order valence-electron chi connectivity index (χ4n) is 3.56. The summed E-state index contributed by atoms with van der Waals surface area (Å²) in [7, 11) is 1.54. The number of benzene rings is 3. The number of nitrogens with one attached hydrogen (secondary N) is 2. The Hall–Kier alpha value is -3.32. The number of anilines is 3. The maximum atomic E-state index is 14.9. The number of ether oxygens (including phenoxy) is 1. The molecule has 0 aliphatic heterocycles. The molecule has 0 heterocycles. The highest BCUT2D eigenvalue weighted by Gasteiger charge is 2.32. The highest BCUT2D eigenvalue weighted by molar-refractivity contribution is 5.95. The SMILES string of the molecule is COC(Nc1ccc(F)c(F)c1Nc1ccc(-c2cccc(C(C)=O)c2)cc1F)C1CC1. The Balaban J connectivity index is 1.64. The van der Waals surface area contributed by atoms with Crippen LogP contribution in [-0.4, -0.2) is 19.1 Å². The summed E-state index contributed by atoms with van der Waals surface area (Å²) in [6, 6.07) is 13.7. The van der Waals surface area contributed by atoms with E-state index < -0.39 is 17.5 Å². The summed E-state index contributed by atoms with van der Waals surface area (Å²) in [4.78, 5) is 11.6. The molecule has 0 bridgehead atoms. The molecule has 0 saturated heterocycles. The van der Waals surface area contributed by atoms with Crippen LogP contribution in [0.3, 0.4) is 0 Å². The maximum Gasteiger partial charge on any atom is 0.184 e. The molecule has 0 spiro atoms. The second-order valence-electron chi connectivity index (χ2n) is 7.88. The van der Waals surface area contributed by atoms with E-state index in [1.54, 1.807) is 37.4 Å². The molecule has 2 N–H and O–H groups in total. The lowest BCUT2D eigenvalue weighted by molar-refractivity contribution is 0.101. The average Bonchev–Trinajstić information content (AvgIpc) is 3.63. The molecular weight excluding hydrogens is 417 g/mol. The van der Waals surface area contributed by atoms with Crippen LogP contribution in [0, 0.1) is 23.4 Å². The summed E-state index contributed by atoms with van der Waals surface area (Å²) in [5, 5.41) is 5.76. The third-order valence-electron chi connectivity index (χ3n) is 5.53. The fraction of sp³-hybridized carbons (Fsp3) is 0.240. The molecule has 1 fully saturated rings. The molecule has 3 aromatic rings. The van der Waals surface area contributed by atoms with Crippen molar-refractivity contribution < 1.29 is 22.7 Å². The summed E-state index contributed by atoms with van der Waals surface area (Å²) in [6.07, 6.45) is 1.62. The van der Waals surface area contributed by atoms with Gasteiger partial charge in [-0.2, -0.15) is 0 Å². The number of carbonyl (C=O) groups excluding carboxylic acids is 1. The topological polar surface area (TPSA) is 50.4 Å². The third kappa shape index (κ3) is 4.62. The van der Waals surface area contributed by atoms with Gasteiger partial charge in [-0.05, 0) is 61.2 Å². The lowest BCUT2D eigenvalue weighted by Crippen LogP contribution is -2.24. The van der Waals surface area contributed by atoms with Crippen LogP contribution in [0.15, 0.2) is 54.6 Å². The molecule has 7 heteroatoms. The summed E-state index contributed by atoms with van der Waals surface area (Å²) >= 11 is 0. The van der Waals surface area contributed by atoms with E-state index in [-0.39, 0.29) is 29.1 Å². The van der Waals surface area contributed by atoms with Crippen molar-refractivity contribution in [2.45, 2.75) is 26.0 Å². The van der Waals surface area contributed by atoms with Crippen LogP contribution in [-0.2, 0) is 4.74 Å². The molecule has 1 saturated carbocycles. The molecule has 0 radical (unpaired) electrons. The average molecular weight is 440 g/mol. The van der Waals surface area contributed by atoms with Crippen LogP contribution in [0.2, 0.25) is 0 Å². The Morgan fingerprint density at radius 2 is 1.69 bits per heavy atom. The molecule has 4 rings (SSSR count). The van der Waals surface area contributed by atoms with E-state index in [2.05, 4.69) is 10.6 Å². The zero-order valence-corrected chi connectivity index (χ0v) is 17.7. The molecule has 1 atom stereocenters. The van der Waals surface area contributed by atoms with Gasteiger partial charge < -0.3 is 15.4 Å². The Labute approximate surface area is 184 Å². The standard InChI is InChI=1S/C25H23F3N2O2/c1-14(31)16-4-3-5-17(12-16)18-8-10-21(20(27)13-18)29-24-22(11-9-19(26)23(24)28)30-25(32-2)15-6-7-15/h3-5,8-13,15,25,29-30H,6-7H2,1-2H3. The summed E-state index contributed by atoms with van der Waals surface area (Å²) in [5.41, 5.74) is 1.82. The Morgan fingerprint density at radius 3 is 2.34 bits per heavy atom. The number of methoxy groups -OCH3 is 1. The second kappa shape index (κ2) is 9.04. The van der Waals surface area contributed by atoms with Gasteiger partial charge in [-0.3, -0.25) is 4.79 Å². The molecule has 4 nitrogen and oxygen atoms in total. The van der Waals surface area contributed by atoms with Crippen molar-refractivity contribution in [1.29, 1.82) is 0 Å². The lowest BCUT2D eigenvalue weighted by atomic mass is 10.0. The summed E-state index contributed by atoms with van der Waals surface area (Å²) < 4.78 is 48.9. The molecule has 0 aromatic heterocycles. The predicted molar refractivity (Wildman–Crippen MR) is 119 cm³/mol. The number of halogens is 3. The van der Waals surface area contributed by atoms with Gasteiger partial charge in [0.1, 0.15) is 17.7 Å². The molecule has 32 heavy (non-hydrogen) atoms. The molecule has 1 aliphatic rings. The van der Waals surface area contributed by atoms with Crippen LogP contribution < -0.4 is 10.6 Å². The Bertz CT molecular complexity index is 1160. The van der Waals surface area contributed by atoms with Crippen molar-refractivity contribution in [1.82, 2.24) is 0 Å². The first kappa shape index (κ1) is 21.9. The zero-order chi connectivity index (χ0) is 22.8. The predicted octanol–water partition coefficient (Wildman–Crippen LogP) is 6.51. The Morgan fingerprint density at radius 1 is 0.969 bits per heavy atom. The number of hydrogen-bond acceptors (Lipinski definition) is 4. The van der Waals surface area contributed by atoms with Gasteiger partial charge in [0.25, 0.3) is 0 Å². The molecule has 3 aromatic carbocycles. The van der Waals surface area contributed by atoms with E-state index in [0.717, 1.165) is 18.9 Å². The summed E-state index contributed by atoms with van der Waals surface area (Å²) in [5.74, 6) is -2.60. The smallest absolute Gasteiger partial charge is 0.184 e. The van der Waals surface area contributed by atoms with Crippen LogP contribution in [0.5, 0.6) is 0 Å². The van der Waals surface area contributed by atoms with Gasteiger partial charge in [-0.25, -0.2) is 13.2 Å². The minimum Gasteiger partial charge on any atom is -0.362 e. The van der Waals surface area contributed by atoms with E-state index in [1.165, 1.54) is 25.1 Å². The normalized spacial score (nSPS) is 14.2. The first-order valence-corrected chi connectivity index (χ1v) is 10.3.